The van der Waals surface area contributed by atoms with Crippen molar-refractivity contribution in [1.29, 1.82) is 0 Å². The zero-order chi connectivity index (χ0) is 44.4. The lowest BCUT2D eigenvalue weighted by Crippen LogP contribution is -2.28. The first-order valence-electron chi connectivity index (χ1n) is 26.3. The lowest BCUT2D eigenvalue weighted by molar-refractivity contribution is -0.154. The molecule has 0 aromatic heterocycles. The number of phosphoric ester groups is 1. The molecule has 0 amide bonds. The van der Waals surface area contributed by atoms with Crippen LogP contribution in [0.2, 0.25) is 0 Å². The number of ether oxygens (including phenoxy) is 2. The van der Waals surface area contributed by atoms with E-state index in [9.17, 15) is 14.3 Å². The molecule has 2 atom stereocenters. The van der Waals surface area contributed by atoms with Crippen LogP contribution in [0.25, 0.3) is 0 Å². The molecule has 0 radical (unpaired) electrons. The molecule has 0 aromatic rings. The average molecular weight is 884 g/mol. The minimum Gasteiger partial charge on any atom is -0.457 e. The zero-order valence-corrected chi connectivity index (χ0v) is 41.3. The number of rotatable bonds is 51. The fourth-order valence-electron chi connectivity index (χ4n) is 7.74. The Hall–Kier alpha value is -1.02. The van der Waals surface area contributed by atoms with Gasteiger partial charge in [0, 0.05) is 19.6 Å². The number of nitrogens with two attached hydrogens (primary N) is 1. The Kier molecular flexibility index (Phi) is 49.2. The molecular formula is C52H102NO7P. The fraction of sp³-hybridized carbons (Fsp3) is 0.904. The van der Waals surface area contributed by atoms with E-state index in [2.05, 4.69) is 38.2 Å². The van der Waals surface area contributed by atoms with Crippen molar-refractivity contribution in [2.24, 2.45) is 5.73 Å². The quantitative estimate of drug-likeness (QED) is 0.0268. The third-order valence-electron chi connectivity index (χ3n) is 11.6. The van der Waals surface area contributed by atoms with Crippen molar-refractivity contribution >= 4 is 13.8 Å². The van der Waals surface area contributed by atoms with Crippen LogP contribution in [0.5, 0.6) is 0 Å². The summed E-state index contributed by atoms with van der Waals surface area (Å²) in [5.41, 5.74) is 5.39. The summed E-state index contributed by atoms with van der Waals surface area (Å²) in [5.74, 6) is -0.326. The predicted molar refractivity (Wildman–Crippen MR) is 261 cm³/mol. The van der Waals surface area contributed by atoms with E-state index >= 15 is 0 Å². The number of hydrogen-bond donors (Lipinski definition) is 2. The summed E-state index contributed by atoms with van der Waals surface area (Å²) in [7, 11) is -4.28. The molecule has 0 bridgehead atoms. The molecule has 8 nitrogen and oxygen atoms in total. The first-order chi connectivity index (χ1) is 29.9. The Bertz CT molecular complexity index is 993. The number of hydrogen-bond acceptors (Lipinski definition) is 7. The molecule has 0 saturated heterocycles. The van der Waals surface area contributed by atoms with Crippen molar-refractivity contribution in [2.45, 2.75) is 270 Å². The molecule has 0 heterocycles. The minimum absolute atomic E-state index is 0.0942. The van der Waals surface area contributed by atoms with Crippen molar-refractivity contribution in [3.8, 4) is 0 Å². The number of carbonyl (C=O) groups excluding carboxylic acids is 1. The van der Waals surface area contributed by atoms with Gasteiger partial charge in [-0.3, -0.25) is 13.8 Å². The van der Waals surface area contributed by atoms with Gasteiger partial charge in [-0.1, -0.05) is 237 Å². The molecule has 9 heteroatoms. The molecular weight excluding hydrogens is 782 g/mol. The van der Waals surface area contributed by atoms with Crippen LogP contribution in [-0.4, -0.2) is 49.9 Å². The lowest BCUT2D eigenvalue weighted by Gasteiger charge is -2.20. The Morgan fingerprint density at radius 3 is 1.31 bits per heavy atom. The Labute approximate surface area is 378 Å². The van der Waals surface area contributed by atoms with Crippen LogP contribution in [0, 0.1) is 0 Å². The Morgan fingerprint density at radius 2 is 0.869 bits per heavy atom. The molecule has 0 saturated carbocycles. The van der Waals surface area contributed by atoms with Crippen LogP contribution in [-0.2, 0) is 27.9 Å². The molecule has 0 aliphatic heterocycles. The molecule has 0 aliphatic rings. The molecule has 0 rings (SSSR count). The van der Waals surface area contributed by atoms with Crippen molar-refractivity contribution in [1.82, 2.24) is 0 Å². The number of allylic oxidation sites excluding steroid dienone is 4. The second-order valence-corrected chi connectivity index (χ2v) is 19.2. The Balaban J connectivity index is 3.88. The highest BCUT2D eigenvalue weighted by molar-refractivity contribution is 7.47. The maximum atomic E-state index is 12.7. The first kappa shape index (κ1) is 60.0. The van der Waals surface area contributed by atoms with E-state index in [-0.39, 0.29) is 32.3 Å². The maximum absolute atomic E-state index is 12.7. The van der Waals surface area contributed by atoms with Gasteiger partial charge in [-0.2, -0.15) is 0 Å². The molecule has 362 valence electrons. The molecule has 0 spiro atoms. The van der Waals surface area contributed by atoms with Gasteiger partial charge >= 0.3 is 13.8 Å². The highest BCUT2D eigenvalue weighted by Crippen LogP contribution is 2.43. The molecule has 0 fully saturated rings. The van der Waals surface area contributed by atoms with Gasteiger partial charge in [0.15, 0.2) is 0 Å². The van der Waals surface area contributed by atoms with Crippen molar-refractivity contribution in [3.05, 3.63) is 24.3 Å². The maximum Gasteiger partial charge on any atom is 0.472 e. The van der Waals surface area contributed by atoms with Crippen molar-refractivity contribution in [3.63, 3.8) is 0 Å². The largest absolute Gasteiger partial charge is 0.472 e. The predicted octanol–water partition coefficient (Wildman–Crippen LogP) is 16.4. The third kappa shape index (κ3) is 49.8. The van der Waals surface area contributed by atoms with Gasteiger partial charge < -0.3 is 20.1 Å². The number of unbranched alkanes of at least 4 members (excludes halogenated alkanes) is 34. The standard InChI is InChI=1S/C52H102NO7P/c1-3-5-7-9-11-13-15-17-19-21-23-24-25-26-27-28-29-31-33-35-37-39-41-43-45-52(54)60-51(50-59-61(55,56)58-48-46-53)49-57-47-44-42-40-38-36-34-32-30-22-20-18-16-14-12-10-8-6-4-2/h12,14,18,20,51H,3-11,13,15-17,19,21-50,53H2,1-2H3,(H,55,56)/b14-12-,20-18-. The molecule has 0 aromatic carbocycles. The van der Waals surface area contributed by atoms with Crippen LogP contribution in [0.1, 0.15) is 264 Å². The van der Waals surface area contributed by atoms with E-state index in [1.54, 1.807) is 0 Å². The minimum atomic E-state index is -4.28. The van der Waals surface area contributed by atoms with Crippen LogP contribution in [0.4, 0.5) is 0 Å². The van der Waals surface area contributed by atoms with E-state index < -0.39 is 13.9 Å². The number of phosphoric acid groups is 1. The lowest BCUT2D eigenvalue weighted by atomic mass is 10.0. The van der Waals surface area contributed by atoms with Gasteiger partial charge in [0.05, 0.1) is 19.8 Å². The molecule has 61 heavy (non-hydrogen) atoms. The van der Waals surface area contributed by atoms with Crippen LogP contribution < -0.4 is 5.73 Å². The summed E-state index contributed by atoms with van der Waals surface area (Å²) in [5, 5.41) is 0. The summed E-state index contributed by atoms with van der Waals surface area (Å²) < 4.78 is 33.6. The van der Waals surface area contributed by atoms with Crippen LogP contribution in [0.3, 0.4) is 0 Å². The normalized spacial score (nSPS) is 13.4. The third-order valence-corrected chi connectivity index (χ3v) is 12.6. The Morgan fingerprint density at radius 1 is 0.492 bits per heavy atom. The van der Waals surface area contributed by atoms with E-state index in [1.165, 1.54) is 205 Å². The van der Waals surface area contributed by atoms with Gasteiger partial charge in [-0.25, -0.2) is 4.57 Å². The summed E-state index contributed by atoms with van der Waals surface area (Å²) in [6.07, 6.45) is 57.9. The van der Waals surface area contributed by atoms with Gasteiger partial charge in [0.25, 0.3) is 0 Å². The van der Waals surface area contributed by atoms with Crippen LogP contribution >= 0.6 is 7.82 Å². The number of carbonyl (C=O) groups is 1. The number of esters is 1. The fourth-order valence-corrected chi connectivity index (χ4v) is 8.50. The van der Waals surface area contributed by atoms with Gasteiger partial charge in [0.1, 0.15) is 6.10 Å². The van der Waals surface area contributed by atoms with Crippen molar-refractivity contribution < 1.29 is 32.8 Å². The topological polar surface area (TPSA) is 117 Å². The molecule has 0 aliphatic carbocycles. The summed E-state index contributed by atoms with van der Waals surface area (Å²) in [6, 6.07) is 0. The zero-order valence-electron chi connectivity index (χ0n) is 40.4. The van der Waals surface area contributed by atoms with Gasteiger partial charge in [-0.15, -0.1) is 0 Å². The summed E-state index contributed by atoms with van der Waals surface area (Å²) in [4.78, 5) is 22.6. The monoisotopic (exact) mass is 884 g/mol. The van der Waals surface area contributed by atoms with E-state index in [1.807, 2.05) is 0 Å². The second-order valence-electron chi connectivity index (χ2n) is 17.7. The molecule has 3 N–H and O–H groups in total. The smallest absolute Gasteiger partial charge is 0.457 e. The van der Waals surface area contributed by atoms with Crippen molar-refractivity contribution in [2.75, 3.05) is 33.0 Å². The average Bonchev–Trinajstić information content (AvgIpc) is 3.25. The summed E-state index contributed by atoms with van der Waals surface area (Å²) >= 11 is 0. The van der Waals surface area contributed by atoms with Crippen LogP contribution in [0.15, 0.2) is 24.3 Å². The van der Waals surface area contributed by atoms with E-state index in [4.69, 9.17) is 24.3 Å². The van der Waals surface area contributed by atoms with E-state index in [0.29, 0.717) is 13.0 Å². The SMILES string of the molecule is CCCCC/C=C\C/C=C\CCCCCCCCCCOCC(COP(=O)(O)OCCN)OC(=O)CCCCCCCCCCCCCCCCCCCCCCCCCC. The summed E-state index contributed by atoms with van der Waals surface area (Å²) in [6.45, 7) is 4.94. The highest BCUT2D eigenvalue weighted by atomic mass is 31.2. The van der Waals surface area contributed by atoms with Gasteiger partial charge in [-0.05, 0) is 44.9 Å². The first-order valence-corrected chi connectivity index (χ1v) is 27.8. The second kappa shape index (κ2) is 50.0. The van der Waals surface area contributed by atoms with E-state index in [0.717, 1.165) is 38.5 Å². The highest BCUT2D eigenvalue weighted by Gasteiger charge is 2.25. The van der Waals surface area contributed by atoms with Gasteiger partial charge in [0.2, 0.25) is 0 Å². The molecule has 2 unspecified atom stereocenters.